The molecule has 1 aromatic rings. The molecule has 0 spiro atoms. The highest BCUT2D eigenvalue weighted by atomic mass is 35.5. The van der Waals surface area contributed by atoms with E-state index in [1.165, 1.54) is 7.11 Å². The highest BCUT2D eigenvalue weighted by Gasteiger charge is 2.11. The molecule has 0 aliphatic rings. The molecule has 0 bridgehead atoms. The van der Waals surface area contributed by atoms with Crippen LogP contribution in [0, 0.1) is 0 Å². The van der Waals surface area contributed by atoms with Gasteiger partial charge in [0.15, 0.2) is 11.5 Å². The topological polar surface area (TPSA) is 30.5 Å². The zero-order valence-electron chi connectivity index (χ0n) is 10.8. The number of methoxy groups -OCH3 is 1. The predicted molar refractivity (Wildman–Crippen MR) is 71.5 cm³/mol. The third-order valence-corrected chi connectivity index (χ3v) is 2.65. The van der Waals surface area contributed by atoms with E-state index in [1.54, 1.807) is 6.07 Å². The highest BCUT2D eigenvalue weighted by Crippen LogP contribution is 2.36. The molecule has 0 amide bonds. The van der Waals surface area contributed by atoms with Gasteiger partial charge in [0.05, 0.1) is 12.1 Å². The van der Waals surface area contributed by atoms with Crippen molar-refractivity contribution in [3.05, 3.63) is 22.7 Å². The SMILES string of the molecule is CCCNCc1cc(Cl)c(OCCF)c(OC)c1. The minimum absolute atomic E-state index is 0.0243. The average Bonchev–Trinajstić information content (AvgIpc) is 2.37. The third kappa shape index (κ3) is 4.35. The molecule has 102 valence electrons. The van der Waals surface area contributed by atoms with E-state index in [4.69, 9.17) is 21.1 Å². The molecule has 0 heterocycles. The van der Waals surface area contributed by atoms with Crippen LogP contribution in [0.1, 0.15) is 18.9 Å². The maximum atomic E-state index is 12.1. The summed E-state index contributed by atoms with van der Waals surface area (Å²) in [6, 6.07) is 3.66. The second-order valence-corrected chi connectivity index (χ2v) is 4.23. The Morgan fingerprint density at radius 2 is 2.17 bits per heavy atom. The molecule has 0 radical (unpaired) electrons. The number of ether oxygens (including phenoxy) is 2. The summed E-state index contributed by atoms with van der Waals surface area (Å²) in [7, 11) is 1.54. The van der Waals surface area contributed by atoms with Gasteiger partial charge in [0.25, 0.3) is 0 Å². The summed E-state index contributed by atoms with van der Waals surface area (Å²) in [6.45, 7) is 3.19. The molecule has 1 aromatic carbocycles. The van der Waals surface area contributed by atoms with Crippen molar-refractivity contribution in [2.75, 3.05) is 26.9 Å². The first-order valence-electron chi connectivity index (χ1n) is 5.98. The van der Waals surface area contributed by atoms with Gasteiger partial charge in [0, 0.05) is 6.54 Å². The summed E-state index contributed by atoms with van der Waals surface area (Å²) in [6.07, 6.45) is 1.07. The average molecular weight is 276 g/mol. The first kappa shape index (κ1) is 15.1. The zero-order valence-corrected chi connectivity index (χ0v) is 11.5. The van der Waals surface area contributed by atoms with Gasteiger partial charge in [-0.3, -0.25) is 0 Å². The lowest BCUT2D eigenvalue weighted by Crippen LogP contribution is -2.14. The Balaban J connectivity index is 2.81. The summed E-state index contributed by atoms with van der Waals surface area (Å²) in [5.74, 6) is 0.931. The van der Waals surface area contributed by atoms with Gasteiger partial charge < -0.3 is 14.8 Å². The number of hydrogen-bond acceptors (Lipinski definition) is 3. The number of rotatable bonds is 8. The molecule has 0 aliphatic heterocycles. The van der Waals surface area contributed by atoms with Crippen molar-refractivity contribution in [2.24, 2.45) is 0 Å². The molecule has 5 heteroatoms. The molecular weight excluding hydrogens is 257 g/mol. The Labute approximate surface area is 112 Å². The first-order chi connectivity index (χ1) is 8.72. The van der Waals surface area contributed by atoms with Gasteiger partial charge in [-0.1, -0.05) is 18.5 Å². The minimum atomic E-state index is -0.556. The highest BCUT2D eigenvalue weighted by molar-refractivity contribution is 6.32. The number of hydrogen-bond donors (Lipinski definition) is 1. The van der Waals surface area contributed by atoms with Crippen LogP contribution >= 0.6 is 11.6 Å². The molecule has 0 saturated carbocycles. The van der Waals surface area contributed by atoms with E-state index in [1.807, 2.05) is 6.07 Å². The van der Waals surface area contributed by atoms with Crippen LogP contribution in [-0.2, 0) is 6.54 Å². The van der Waals surface area contributed by atoms with E-state index in [2.05, 4.69) is 12.2 Å². The van der Waals surface area contributed by atoms with E-state index in [0.29, 0.717) is 23.1 Å². The van der Waals surface area contributed by atoms with E-state index in [-0.39, 0.29) is 6.61 Å². The monoisotopic (exact) mass is 275 g/mol. The largest absolute Gasteiger partial charge is 0.493 e. The minimum Gasteiger partial charge on any atom is -0.493 e. The van der Waals surface area contributed by atoms with Gasteiger partial charge in [0.1, 0.15) is 13.3 Å². The normalized spacial score (nSPS) is 10.4. The number of nitrogens with one attached hydrogen (secondary N) is 1. The molecule has 0 aliphatic carbocycles. The molecule has 0 atom stereocenters. The predicted octanol–water partition coefficient (Wildman–Crippen LogP) is 3.20. The number of halogens is 2. The molecule has 0 saturated heterocycles. The standard InChI is InChI=1S/C13H19ClFNO2/c1-3-5-16-9-10-7-11(14)13(18-6-4-15)12(8-10)17-2/h7-8,16H,3-6,9H2,1-2H3. The number of benzene rings is 1. The van der Waals surface area contributed by atoms with Gasteiger partial charge in [0.2, 0.25) is 0 Å². The van der Waals surface area contributed by atoms with Gasteiger partial charge >= 0.3 is 0 Å². The van der Waals surface area contributed by atoms with Gasteiger partial charge in [-0.2, -0.15) is 0 Å². The summed E-state index contributed by atoms with van der Waals surface area (Å²) in [4.78, 5) is 0. The van der Waals surface area contributed by atoms with Crippen molar-refractivity contribution in [2.45, 2.75) is 19.9 Å². The summed E-state index contributed by atoms with van der Waals surface area (Å²) < 4.78 is 22.6. The second kappa shape index (κ2) is 8.16. The Bertz CT molecular complexity index is 374. The van der Waals surface area contributed by atoms with Crippen LogP contribution in [0.25, 0.3) is 0 Å². The molecule has 0 aromatic heterocycles. The molecule has 3 nitrogen and oxygen atoms in total. The van der Waals surface area contributed by atoms with Crippen LogP contribution < -0.4 is 14.8 Å². The smallest absolute Gasteiger partial charge is 0.179 e. The lowest BCUT2D eigenvalue weighted by Gasteiger charge is -2.13. The van der Waals surface area contributed by atoms with E-state index < -0.39 is 6.67 Å². The van der Waals surface area contributed by atoms with Crippen molar-refractivity contribution < 1.29 is 13.9 Å². The maximum Gasteiger partial charge on any atom is 0.179 e. The Morgan fingerprint density at radius 1 is 1.39 bits per heavy atom. The maximum absolute atomic E-state index is 12.1. The Kier molecular flexibility index (Phi) is 6.83. The molecule has 18 heavy (non-hydrogen) atoms. The quantitative estimate of drug-likeness (QED) is 0.739. The molecule has 0 unspecified atom stereocenters. The summed E-state index contributed by atoms with van der Waals surface area (Å²) in [5, 5.41) is 3.72. The van der Waals surface area contributed by atoms with Crippen LogP contribution in [0.5, 0.6) is 11.5 Å². The fraction of sp³-hybridized carbons (Fsp3) is 0.538. The second-order valence-electron chi connectivity index (χ2n) is 3.82. The van der Waals surface area contributed by atoms with E-state index in [0.717, 1.165) is 18.5 Å². The molecule has 0 fully saturated rings. The summed E-state index contributed by atoms with van der Waals surface area (Å²) >= 11 is 6.11. The lowest BCUT2D eigenvalue weighted by molar-refractivity contribution is 0.260. The third-order valence-electron chi connectivity index (χ3n) is 2.37. The van der Waals surface area contributed by atoms with Crippen molar-refractivity contribution in [3.63, 3.8) is 0 Å². The van der Waals surface area contributed by atoms with Crippen molar-refractivity contribution >= 4 is 11.6 Å². The van der Waals surface area contributed by atoms with Gasteiger partial charge in [-0.25, -0.2) is 4.39 Å². The summed E-state index contributed by atoms with van der Waals surface area (Å²) in [5.41, 5.74) is 1.01. The molecular formula is C13H19ClFNO2. The van der Waals surface area contributed by atoms with Crippen LogP contribution in [0.4, 0.5) is 4.39 Å². The number of alkyl halides is 1. The lowest BCUT2D eigenvalue weighted by atomic mass is 10.2. The van der Waals surface area contributed by atoms with E-state index in [9.17, 15) is 4.39 Å². The van der Waals surface area contributed by atoms with Crippen molar-refractivity contribution in [1.29, 1.82) is 0 Å². The molecule has 1 N–H and O–H groups in total. The van der Waals surface area contributed by atoms with Gasteiger partial charge in [-0.05, 0) is 30.7 Å². The zero-order chi connectivity index (χ0) is 13.4. The Hall–Kier alpha value is -1.00. The van der Waals surface area contributed by atoms with Crippen LogP contribution in [0.15, 0.2) is 12.1 Å². The fourth-order valence-electron chi connectivity index (χ4n) is 1.57. The van der Waals surface area contributed by atoms with Gasteiger partial charge in [-0.15, -0.1) is 0 Å². The Morgan fingerprint density at radius 3 is 2.78 bits per heavy atom. The molecule has 1 rings (SSSR count). The van der Waals surface area contributed by atoms with Crippen LogP contribution in [-0.4, -0.2) is 26.9 Å². The van der Waals surface area contributed by atoms with E-state index >= 15 is 0 Å². The first-order valence-corrected chi connectivity index (χ1v) is 6.36. The van der Waals surface area contributed by atoms with Crippen molar-refractivity contribution in [3.8, 4) is 11.5 Å². The van der Waals surface area contributed by atoms with Crippen LogP contribution in [0.3, 0.4) is 0 Å². The fourth-order valence-corrected chi connectivity index (χ4v) is 1.85. The van der Waals surface area contributed by atoms with Crippen LogP contribution in [0.2, 0.25) is 5.02 Å². The van der Waals surface area contributed by atoms with Crippen molar-refractivity contribution in [1.82, 2.24) is 5.32 Å².